The van der Waals surface area contributed by atoms with Crippen molar-refractivity contribution in [2.75, 3.05) is 26.8 Å². The lowest BCUT2D eigenvalue weighted by Gasteiger charge is -2.22. The van der Waals surface area contributed by atoms with Gasteiger partial charge in [0.1, 0.15) is 23.2 Å². The zero-order valence-corrected chi connectivity index (χ0v) is 12.7. The van der Waals surface area contributed by atoms with E-state index in [-0.39, 0.29) is 24.9 Å². The molecule has 1 aliphatic heterocycles. The number of methoxy groups -OCH3 is 1. The number of hydrogen-bond donors (Lipinski definition) is 2. The van der Waals surface area contributed by atoms with Crippen LogP contribution in [0.1, 0.15) is 21.9 Å². The Hall–Kier alpha value is -1.57. The van der Waals surface area contributed by atoms with Gasteiger partial charge in [0.05, 0.1) is 20.3 Å². The van der Waals surface area contributed by atoms with Crippen molar-refractivity contribution in [1.82, 2.24) is 10.6 Å². The Bertz CT molecular complexity index is 497. The molecule has 1 fully saturated rings. The third-order valence-electron chi connectivity index (χ3n) is 3.03. The van der Waals surface area contributed by atoms with Crippen LogP contribution in [0.2, 0.25) is 0 Å². The summed E-state index contributed by atoms with van der Waals surface area (Å²) in [5, 5.41) is 5.80. The molecule has 1 aromatic rings. The molecule has 1 saturated heterocycles. The van der Waals surface area contributed by atoms with Crippen LogP contribution in [0.3, 0.4) is 0 Å². The molecule has 1 amide bonds. The van der Waals surface area contributed by atoms with Gasteiger partial charge in [-0.2, -0.15) is 0 Å². The summed E-state index contributed by atoms with van der Waals surface area (Å²) < 4.78 is 15.4. The Labute approximate surface area is 128 Å². The average Bonchev–Trinajstić information content (AvgIpc) is 2.86. The molecule has 0 saturated carbocycles. The number of furan rings is 1. The van der Waals surface area contributed by atoms with Crippen molar-refractivity contribution >= 4 is 24.3 Å². The topological polar surface area (TPSA) is 89.8 Å². The maximum Gasteiger partial charge on any atom is 0.341 e. The van der Waals surface area contributed by atoms with Gasteiger partial charge in [0, 0.05) is 13.1 Å². The Morgan fingerprint density at radius 1 is 1.52 bits per heavy atom. The molecule has 0 radical (unpaired) electrons. The fourth-order valence-electron chi connectivity index (χ4n) is 1.97. The molecule has 0 spiro atoms. The molecule has 2 rings (SSSR count). The number of amides is 1. The number of nitrogens with one attached hydrogen (secondary N) is 2. The van der Waals surface area contributed by atoms with Crippen LogP contribution >= 0.6 is 12.4 Å². The molecule has 0 aliphatic carbocycles. The number of hydrogen-bond acceptors (Lipinski definition) is 6. The van der Waals surface area contributed by atoms with E-state index in [0.29, 0.717) is 30.2 Å². The van der Waals surface area contributed by atoms with E-state index in [2.05, 4.69) is 15.4 Å². The first-order chi connectivity index (χ1) is 9.61. The molecule has 118 valence electrons. The van der Waals surface area contributed by atoms with Crippen LogP contribution in [0.4, 0.5) is 0 Å². The van der Waals surface area contributed by atoms with E-state index < -0.39 is 12.1 Å². The first-order valence-electron chi connectivity index (χ1n) is 6.39. The number of halogens is 1. The molecule has 21 heavy (non-hydrogen) atoms. The van der Waals surface area contributed by atoms with E-state index in [0.717, 1.165) is 6.54 Å². The number of ether oxygens (including phenoxy) is 2. The number of carbonyl (C=O) groups excluding carboxylic acids is 2. The molecular weight excluding hydrogens is 300 g/mol. The molecule has 0 aromatic carbocycles. The molecule has 2 N–H and O–H groups in total. The first-order valence-corrected chi connectivity index (χ1v) is 6.39. The average molecular weight is 319 g/mol. The number of morpholine rings is 1. The van der Waals surface area contributed by atoms with Gasteiger partial charge in [-0.1, -0.05) is 0 Å². The highest BCUT2D eigenvalue weighted by Gasteiger charge is 2.22. The Morgan fingerprint density at radius 2 is 2.29 bits per heavy atom. The number of esters is 1. The highest BCUT2D eigenvalue weighted by molar-refractivity contribution is 5.90. The molecule has 2 heterocycles. The van der Waals surface area contributed by atoms with Crippen molar-refractivity contribution in [2.24, 2.45) is 0 Å². The highest BCUT2D eigenvalue weighted by atomic mass is 35.5. The molecule has 1 atom stereocenters. The van der Waals surface area contributed by atoms with Gasteiger partial charge >= 0.3 is 5.97 Å². The van der Waals surface area contributed by atoms with Crippen LogP contribution in [0.25, 0.3) is 0 Å². The van der Waals surface area contributed by atoms with Crippen LogP contribution in [0, 0.1) is 6.92 Å². The Kier molecular flexibility index (Phi) is 6.67. The van der Waals surface area contributed by atoms with Crippen LogP contribution in [-0.4, -0.2) is 44.8 Å². The summed E-state index contributed by atoms with van der Waals surface area (Å²) >= 11 is 0. The minimum absolute atomic E-state index is 0. The molecule has 1 aromatic heterocycles. The van der Waals surface area contributed by atoms with Crippen molar-refractivity contribution in [2.45, 2.75) is 19.6 Å². The first kappa shape index (κ1) is 17.5. The van der Waals surface area contributed by atoms with Gasteiger partial charge in [-0.15, -0.1) is 12.4 Å². The third kappa shape index (κ3) is 4.45. The number of carbonyl (C=O) groups is 2. The Balaban J connectivity index is 0.00000220. The lowest BCUT2D eigenvalue weighted by Crippen LogP contribution is -2.47. The summed E-state index contributed by atoms with van der Waals surface area (Å²) in [4.78, 5) is 23.3. The van der Waals surface area contributed by atoms with Gasteiger partial charge in [0.25, 0.3) is 5.91 Å². The van der Waals surface area contributed by atoms with Crippen molar-refractivity contribution < 1.29 is 23.5 Å². The predicted molar refractivity (Wildman–Crippen MR) is 76.5 cm³/mol. The third-order valence-corrected chi connectivity index (χ3v) is 3.03. The molecule has 0 bridgehead atoms. The van der Waals surface area contributed by atoms with Gasteiger partial charge in [-0.05, 0) is 13.0 Å². The van der Waals surface area contributed by atoms with Crippen molar-refractivity contribution in [1.29, 1.82) is 0 Å². The minimum Gasteiger partial charge on any atom is -0.465 e. The van der Waals surface area contributed by atoms with Gasteiger partial charge in [-0.25, -0.2) is 4.79 Å². The minimum atomic E-state index is -0.486. The van der Waals surface area contributed by atoms with Crippen molar-refractivity contribution in [3.05, 3.63) is 23.2 Å². The second-order valence-electron chi connectivity index (χ2n) is 4.46. The van der Waals surface area contributed by atoms with Gasteiger partial charge in [-0.3, -0.25) is 4.79 Å². The summed E-state index contributed by atoms with van der Waals surface area (Å²) in [6.07, 6.45) is -0.486. The summed E-state index contributed by atoms with van der Waals surface area (Å²) in [5.41, 5.74) is 0.368. The van der Waals surface area contributed by atoms with Crippen LogP contribution in [0.5, 0.6) is 0 Å². The summed E-state index contributed by atoms with van der Waals surface area (Å²) in [5.74, 6) is 0.311. The molecular formula is C13H19ClN2O5. The van der Waals surface area contributed by atoms with Crippen LogP contribution < -0.4 is 10.6 Å². The zero-order valence-electron chi connectivity index (χ0n) is 11.9. The standard InChI is InChI=1S/C13H18N2O5.ClH/c1-8-10(13(17)18-2)5-9(20-8)6-15-12(16)11-7-14-3-4-19-11;/h5,11,14H,3-4,6-7H2,1-2H3,(H,15,16);1H. The molecule has 1 aliphatic rings. The van der Waals surface area contributed by atoms with Gasteiger partial charge < -0.3 is 24.5 Å². The number of aryl methyl sites for hydroxylation is 1. The maximum absolute atomic E-state index is 11.8. The summed E-state index contributed by atoms with van der Waals surface area (Å²) in [7, 11) is 1.31. The predicted octanol–water partition coefficient (Wildman–Crippen LogP) is 0.401. The van der Waals surface area contributed by atoms with E-state index in [1.807, 2.05) is 0 Å². The summed E-state index contributed by atoms with van der Waals surface area (Å²) in [6.45, 7) is 3.65. The number of rotatable bonds is 4. The molecule has 1 unspecified atom stereocenters. The zero-order chi connectivity index (χ0) is 14.5. The maximum atomic E-state index is 11.8. The summed E-state index contributed by atoms with van der Waals surface area (Å²) in [6, 6.07) is 1.57. The van der Waals surface area contributed by atoms with E-state index in [9.17, 15) is 9.59 Å². The van der Waals surface area contributed by atoms with Gasteiger partial charge in [0.15, 0.2) is 0 Å². The lowest BCUT2D eigenvalue weighted by atomic mass is 10.2. The lowest BCUT2D eigenvalue weighted by molar-refractivity contribution is -0.134. The van der Waals surface area contributed by atoms with E-state index >= 15 is 0 Å². The van der Waals surface area contributed by atoms with Gasteiger partial charge in [0.2, 0.25) is 0 Å². The normalized spacial score (nSPS) is 17.7. The highest BCUT2D eigenvalue weighted by Crippen LogP contribution is 2.15. The SMILES string of the molecule is COC(=O)c1cc(CNC(=O)C2CNCCO2)oc1C.Cl. The quantitative estimate of drug-likeness (QED) is 0.781. The fourth-order valence-corrected chi connectivity index (χ4v) is 1.97. The fraction of sp³-hybridized carbons (Fsp3) is 0.538. The molecule has 7 nitrogen and oxygen atoms in total. The van der Waals surface area contributed by atoms with Crippen LogP contribution in [-0.2, 0) is 20.8 Å². The van der Waals surface area contributed by atoms with E-state index in [1.54, 1.807) is 13.0 Å². The van der Waals surface area contributed by atoms with E-state index in [1.165, 1.54) is 7.11 Å². The van der Waals surface area contributed by atoms with Crippen molar-refractivity contribution in [3.63, 3.8) is 0 Å². The second-order valence-corrected chi connectivity index (χ2v) is 4.46. The van der Waals surface area contributed by atoms with E-state index in [4.69, 9.17) is 9.15 Å². The Morgan fingerprint density at radius 3 is 2.90 bits per heavy atom. The molecule has 8 heteroatoms. The largest absolute Gasteiger partial charge is 0.465 e. The smallest absolute Gasteiger partial charge is 0.341 e. The monoisotopic (exact) mass is 318 g/mol. The second kappa shape index (κ2) is 8.02. The van der Waals surface area contributed by atoms with Crippen LogP contribution in [0.15, 0.2) is 10.5 Å². The van der Waals surface area contributed by atoms with Crippen molar-refractivity contribution in [3.8, 4) is 0 Å².